The lowest BCUT2D eigenvalue weighted by molar-refractivity contribution is 0.217. The van der Waals surface area contributed by atoms with Crippen LogP contribution in [0.1, 0.15) is 39.2 Å². The van der Waals surface area contributed by atoms with Gasteiger partial charge in [0.15, 0.2) is 0 Å². The van der Waals surface area contributed by atoms with Crippen LogP contribution in [0, 0.1) is 0 Å². The van der Waals surface area contributed by atoms with Crippen molar-refractivity contribution < 1.29 is 18.2 Å². The van der Waals surface area contributed by atoms with Crippen LogP contribution in [0.15, 0.2) is 16.7 Å². The second-order valence-electron chi connectivity index (χ2n) is 6.44. The Balaban J connectivity index is 3.25. The van der Waals surface area contributed by atoms with E-state index in [0.717, 1.165) is 35.2 Å². The third kappa shape index (κ3) is 7.09. The van der Waals surface area contributed by atoms with Crippen LogP contribution in [0.25, 0.3) is 0 Å². The standard InChI is InChI=1S/C17H31BrN2O4P2/c1-6-9-10-19-17-14(11-15(18)13-20-17)12-16(25(4,5)21)26(22,23-7-2)24-8-3/h11,13,16H,6-10,12H2,1-5H3,(H,19,20). The normalized spacial score (nSPS) is 13.6. The van der Waals surface area contributed by atoms with E-state index < -0.39 is 20.1 Å². The number of pyridine rings is 1. The van der Waals surface area contributed by atoms with Gasteiger partial charge in [0, 0.05) is 17.2 Å². The van der Waals surface area contributed by atoms with Crippen molar-refractivity contribution in [2.75, 3.05) is 38.4 Å². The molecule has 0 aromatic carbocycles. The van der Waals surface area contributed by atoms with Gasteiger partial charge in [0.1, 0.15) is 11.2 Å². The first-order valence-electron chi connectivity index (χ1n) is 8.99. The van der Waals surface area contributed by atoms with Crippen LogP contribution >= 0.6 is 30.7 Å². The molecular weight excluding hydrogens is 438 g/mol. The minimum atomic E-state index is -3.52. The Morgan fingerprint density at radius 2 is 1.81 bits per heavy atom. The molecule has 0 spiro atoms. The monoisotopic (exact) mass is 468 g/mol. The number of halogens is 1. The molecule has 1 atom stereocenters. The molecule has 1 heterocycles. The smallest absolute Gasteiger partial charge is 0.341 e. The van der Waals surface area contributed by atoms with Crippen LogP contribution in [0.2, 0.25) is 0 Å². The third-order valence-corrected chi connectivity index (χ3v) is 10.6. The Labute approximate surface area is 165 Å². The molecule has 9 heteroatoms. The van der Waals surface area contributed by atoms with Crippen molar-refractivity contribution in [2.45, 2.75) is 45.4 Å². The average Bonchev–Trinajstić information content (AvgIpc) is 2.54. The van der Waals surface area contributed by atoms with E-state index in [1.807, 2.05) is 6.07 Å². The second kappa shape index (κ2) is 11.0. The SMILES string of the molecule is CCCCNc1ncc(Br)cc1CC(P(C)(C)=O)P(=O)(OCC)OCC. The molecule has 1 rings (SSSR count). The summed E-state index contributed by atoms with van der Waals surface area (Å²) in [6, 6.07) is 1.92. The number of anilines is 1. The van der Waals surface area contributed by atoms with Gasteiger partial charge in [-0.1, -0.05) is 13.3 Å². The number of unbranched alkanes of at least 4 members (excludes halogenated alkanes) is 1. The molecule has 0 radical (unpaired) electrons. The van der Waals surface area contributed by atoms with E-state index in [4.69, 9.17) is 9.05 Å². The Morgan fingerprint density at radius 1 is 1.19 bits per heavy atom. The molecule has 0 aliphatic carbocycles. The molecule has 0 saturated heterocycles. The van der Waals surface area contributed by atoms with Crippen molar-refractivity contribution in [3.63, 3.8) is 0 Å². The van der Waals surface area contributed by atoms with E-state index in [0.29, 0.717) is 6.42 Å². The maximum Gasteiger partial charge on any atom is 0.341 e. The van der Waals surface area contributed by atoms with Gasteiger partial charge in [0.25, 0.3) is 0 Å². The largest absolute Gasteiger partial charge is 0.370 e. The average molecular weight is 469 g/mol. The van der Waals surface area contributed by atoms with Crippen molar-refractivity contribution in [1.82, 2.24) is 4.98 Å². The molecule has 6 nitrogen and oxygen atoms in total. The molecule has 0 amide bonds. The van der Waals surface area contributed by atoms with Crippen LogP contribution < -0.4 is 5.32 Å². The topological polar surface area (TPSA) is 77.5 Å². The summed E-state index contributed by atoms with van der Waals surface area (Å²) in [5.74, 6) is 0.722. The second-order valence-corrected chi connectivity index (χ2v) is 13.5. The summed E-state index contributed by atoms with van der Waals surface area (Å²) in [7, 11) is -6.29. The minimum Gasteiger partial charge on any atom is -0.370 e. The zero-order valence-electron chi connectivity index (χ0n) is 16.3. The van der Waals surface area contributed by atoms with E-state index in [9.17, 15) is 9.13 Å². The highest BCUT2D eigenvalue weighted by molar-refractivity contribution is 9.10. The van der Waals surface area contributed by atoms with Gasteiger partial charge < -0.3 is 18.9 Å². The third-order valence-electron chi connectivity index (χ3n) is 3.86. The molecule has 1 N–H and O–H groups in total. The summed E-state index contributed by atoms with van der Waals surface area (Å²) in [6.07, 6.45) is 4.12. The van der Waals surface area contributed by atoms with Crippen molar-refractivity contribution in [2.24, 2.45) is 0 Å². The number of nitrogens with one attached hydrogen (secondary N) is 1. The summed E-state index contributed by atoms with van der Waals surface area (Å²) >= 11 is 3.44. The number of hydrogen-bond acceptors (Lipinski definition) is 6. The highest BCUT2D eigenvalue weighted by Crippen LogP contribution is 2.67. The highest BCUT2D eigenvalue weighted by Gasteiger charge is 2.43. The molecule has 0 bridgehead atoms. The van der Waals surface area contributed by atoms with Gasteiger partial charge in [-0.25, -0.2) is 4.98 Å². The predicted octanol–water partition coefficient (Wildman–Crippen LogP) is 5.81. The van der Waals surface area contributed by atoms with Gasteiger partial charge in [-0.2, -0.15) is 0 Å². The zero-order valence-corrected chi connectivity index (χ0v) is 19.7. The summed E-state index contributed by atoms with van der Waals surface area (Å²) in [5.41, 5.74) is 0.851. The van der Waals surface area contributed by atoms with E-state index in [1.165, 1.54) is 0 Å². The first-order chi connectivity index (χ1) is 12.2. The Hall–Kier alpha value is -0.190. The maximum absolute atomic E-state index is 13.4. The number of aromatic nitrogens is 1. The lowest BCUT2D eigenvalue weighted by Crippen LogP contribution is -2.18. The Kier molecular flexibility index (Phi) is 10.1. The van der Waals surface area contributed by atoms with Crippen LogP contribution in [-0.2, 0) is 24.6 Å². The molecule has 1 aromatic rings. The van der Waals surface area contributed by atoms with Crippen LogP contribution in [0.5, 0.6) is 0 Å². The maximum atomic E-state index is 13.4. The van der Waals surface area contributed by atoms with Crippen LogP contribution in [0.3, 0.4) is 0 Å². The predicted molar refractivity (Wildman–Crippen MR) is 113 cm³/mol. The molecule has 26 heavy (non-hydrogen) atoms. The lowest BCUT2D eigenvalue weighted by atomic mass is 10.2. The van der Waals surface area contributed by atoms with E-state index >= 15 is 0 Å². The summed E-state index contributed by atoms with van der Waals surface area (Å²) in [4.78, 5) is 4.44. The molecule has 1 unspecified atom stereocenters. The highest BCUT2D eigenvalue weighted by atomic mass is 79.9. The quantitative estimate of drug-likeness (QED) is 0.307. The summed E-state index contributed by atoms with van der Waals surface area (Å²) in [6.45, 7) is 10.2. The molecule has 0 saturated carbocycles. The van der Waals surface area contributed by atoms with Crippen molar-refractivity contribution >= 4 is 36.5 Å². The van der Waals surface area contributed by atoms with Gasteiger partial charge in [-0.3, -0.25) is 4.57 Å². The fourth-order valence-electron chi connectivity index (χ4n) is 2.62. The molecule has 0 fully saturated rings. The van der Waals surface area contributed by atoms with Crippen LogP contribution in [-0.4, -0.2) is 43.5 Å². The van der Waals surface area contributed by atoms with E-state index in [2.05, 4.69) is 33.2 Å². The molecule has 150 valence electrons. The summed E-state index contributed by atoms with van der Waals surface area (Å²) in [5, 5.41) is 2.61. The van der Waals surface area contributed by atoms with Gasteiger partial charge in [-0.05, 0) is 67.6 Å². The molecule has 1 aromatic heterocycles. The lowest BCUT2D eigenvalue weighted by Gasteiger charge is -2.29. The molecular formula is C17H31BrN2O4P2. The van der Waals surface area contributed by atoms with E-state index in [-0.39, 0.29) is 13.2 Å². The van der Waals surface area contributed by atoms with Gasteiger partial charge in [0.2, 0.25) is 0 Å². The Morgan fingerprint density at radius 3 is 2.31 bits per heavy atom. The van der Waals surface area contributed by atoms with Crippen LogP contribution in [0.4, 0.5) is 5.82 Å². The first-order valence-corrected chi connectivity index (χ1v) is 14.1. The first kappa shape index (κ1) is 23.8. The Bertz CT molecular complexity index is 656. The number of nitrogens with zero attached hydrogens (tertiary/aromatic N) is 1. The van der Waals surface area contributed by atoms with Crippen molar-refractivity contribution in [1.29, 1.82) is 0 Å². The molecule has 0 aliphatic rings. The number of rotatable bonds is 12. The number of hydrogen-bond donors (Lipinski definition) is 1. The summed E-state index contributed by atoms with van der Waals surface area (Å²) < 4.78 is 38.2. The van der Waals surface area contributed by atoms with Gasteiger partial charge in [-0.15, -0.1) is 0 Å². The fraction of sp³-hybridized carbons (Fsp3) is 0.706. The fourth-order valence-corrected chi connectivity index (χ4v) is 8.32. The van der Waals surface area contributed by atoms with Gasteiger partial charge >= 0.3 is 7.60 Å². The minimum absolute atomic E-state index is 0.242. The van der Waals surface area contributed by atoms with Crippen molar-refractivity contribution in [3.8, 4) is 0 Å². The molecule has 0 aliphatic heterocycles. The van der Waals surface area contributed by atoms with E-state index in [1.54, 1.807) is 33.4 Å². The van der Waals surface area contributed by atoms with Gasteiger partial charge in [0.05, 0.1) is 20.4 Å². The van der Waals surface area contributed by atoms with Crippen molar-refractivity contribution in [3.05, 3.63) is 22.3 Å². The zero-order chi connectivity index (χ0) is 19.8.